The van der Waals surface area contributed by atoms with Crippen molar-refractivity contribution in [1.82, 2.24) is 4.98 Å². The number of carboxylic acid groups (broad SMARTS) is 1. The zero-order chi connectivity index (χ0) is 19.4. The minimum atomic E-state index is -1.30. The molecule has 1 heterocycles. The van der Waals surface area contributed by atoms with Crippen molar-refractivity contribution >= 4 is 5.97 Å². The fourth-order valence-electron chi connectivity index (χ4n) is 2.36. The van der Waals surface area contributed by atoms with E-state index in [1.807, 2.05) is 37.3 Å². The fraction of sp³-hybridized carbons (Fsp3) is 0.238. The maximum absolute atomic E-state index is 11.1. The first-order valence-electron chi connectivity index (χ1n) is 8.52. The van der Waals surface area contributed by atoms with Crippen molar-refractivity contribution in [2.75, 3.05) is 0 Å². The summed E-state index contributed by atoms with van der Waals surface area (Å²) in [6.45, 7) is 5.11. The molecule has 0 saturated heterocycles. The van der Waals surface area contributed by atoms with Crippen LogP contribution in [0.15, 0.2) is 59.0 Å². The smallest absolute Gasteiger partial charge is 0.347 e. The van der Waals surface area contributed by atoms with Crippen molar-refractivity contribution in [1.29, 1.82) is 0 Å². The van der Waals surface area contributed by atoms with E-state index in [1.54, 1.807) is 24.3 Å². The molecule has 3 rings (SSSR count). The Labute approximate surface area is 157 Å². The van der Waals surface area contributed by atoms with Crippen LogP contribution in [0.25, 0.3) is 11.5 Å². The number of carbonyl (C=O) groups is 1. The molecular formula is C21H21NO5. The SMILES string of the molecule is Cc1oc(-c2ccccc2)nc1COc1ccc(OC(C)(C)C(=O)O)cc1. The monoisotopic (exact) mass is 367 g/mol. The van der Waals surface area contributed by atoms with E-state index in [4.69, 9.17) is 19.0 Å². The highest BCUT2D eigenvalue weighted by Gasteiger charge is 2.29. The molecule has 1 aromatic heterocycles. The van der Waals surface area contributed by atoms with Gasteiger partial charge < -0.3 is 19.0 Å². The molecule has 140 valence electrons. The molecule has 0 atom stereocenters. The second-order valence-corrected chi connectivity index (χ2v) is 6.57. The van der Waals surface area contributed by atoms with Gasteiger partial charge in [-0.2, -0.15) is 0 Å². The standard InChI is InChI=1S/C21H21NO5/c1-14-18(22-19(26-14)15-7-5-4-6-8-15)13-25-16-9-11-17(12-10-16)27-21(2,3)20(23)24/h4-12H,13H2,1-3H3,(H,23,24). The molecule has 0 aliphatic carbocycles. The molecule has 6 heteroatoms. The lowest BCUT2D eigenvalue weighted by atomic mass is 10.1. The Morgan fingerprint density at radius 2 is 1.70 bits per heavy atom. The van der Waals surface area contributed by atoms with Crippen LogP contribution in [0.3, 0.4) is 0 Å². The van der Waals surface area contributed by atoms with Crippen molar-refractivity contribution < 1.29 is 23.8 Å². The molecule has 0 unspecified atom stereocenters. The third-order valence-electron chi connectivity index (χ3n) is 4.00. The van der Waals surface area contributed by atoms with Gasteiger partial charge in [-0.25, -0.2) is 9.78 Å². The predicted molar refractivity (Wildman–Crippen MR) is 99.8 cm³/mol. The molecule has 0 amide bonds. The topological polar surface area (TPSA) is 81.8 Å². The maximum atomic E-state index is 11.1. The number of aliphatic carboxylic acids is 1. The molecule has 0 fully saturated rings. The number of hydrogen-bond acceptors (Lipinski definition) is 5. The Kier molecular flexibility index (Phi) is 5.16. The van der Waals surface area contributed by atoms with Crippen LogP contribution in [0, 0.1) is 6.92 Å². The van der Waals surface area contributed by atoms with Gasteiger partial charge in [0.1, 0.15) is 29.6 Å². The molecule has 0 spiro atoms. The van der Waals surface area contributed by atoms with Crippen LogP contribution >= 0.6 is 0 Å². The molecule has 3 aromatic rings. The summed E-state index contributed by atoms with van der Waals surface area (Å²) in [4.78, 5) is 15.6. The van der Waals surface area contributed by atoms with Crippen LogP contribution in [-0.4, -0.2) is 21.7 Å². The molecular weight excluding hydrogens is 346 g/mol. The van der Waals surface area contributed by atoms with E-state index in [0.29, 0.717) is 23.1 Å². The second-order valence-electron chi connectivity index (χ2n) is 6.57. The average Bonchev–Trinajstić information content (AvgIpc) is 3.02. The summed E-state index contributed by atoms with van der Waals surface area (Å²) in [7, 11) is 0. The van der Waals surface area contributed by atoms with Gasteiger partial charge in [-0.05, 0) is 57.2 Å². The molecule has 0 bridgehead atoms. The molecule has 0 aliphatic rings. The Hall–Kier alpha value is -3.28. The first-order valence-corrected chi connectivity index (χ1v) is 8.52. The first-order chi connectivity index (χ1) is 12.8. The van der Waals surface area contributed by atoms with Crippen LogP contribution < -0.4 is 9.47 Å². The molecule has 0 radical (unpaired) electrons. The Bertz CT molecular complexity index is 914. The summed E-state index contributed by atoms with van der Waals surface area (Å²) >= 11 is 0. The Morgan fingerprint density at radius 3 is 2.33 bits per heavy atom. The van der Waals surface area contributed by atoms with E-state index in [0.717, 1.165) is 11.3 Å². The summed E-state index contributed by atoms with van der Waals surface area (Å²) in [5.41, 5.74) is 0.337. The fourth-order valence-corrected chi connectivity index (χ4v) is 2.36. The Morgan fingerprint density at radius 1 is 1.07 bits per heavy atom. The Balaban J connectivity index is 1.64. The van der Waals surface area contributed by atoms with Crippen LogP contribution in [0.4, 0.5) is 0 Å². The van der Waals surface area contributed by atoms with Gasteiger partial charge in [-0.15, -0.1) is 0 Å². The number of benzene rings is 2. The van der Waals surface area contributed by atoms with E-state index in [2.05, 4.69) is 4.98 Å². The number of rotatable bonds is 7. The lowest BCUT2D eigenvalue weighted by molar-refractivity contribution is -0.152. The van der Waals surface area contributed by atoms with Gasteiger partial charge >= 0.3 is 5.97 Å². The normalized spacial score (nSPS) is 11.2. The molecule has 0 saturated carbocycles. The van der Waals surface area contributed by atoms with Crippen molar-refractivity contribution in [2.24, 2.45) is 0 Å². The molecule has 6 nitrogen and oxygen atoms in total. The number of oxazole rings is 1. The number of hydrogen-bond donors (Lipinski definition) is 1. The third kappa shape index (κ3) is 4.47. The summed E-state index contributed by atoms with van der Waals surface area (Å²) < 4.78 is 16.9. The van der Waals surface area contributed by atoms with Crippen LogP contribution in [0.5, 0.6) is 11.5 Å². The highest BCUT2D eigenvalue weighted by molar-refractivity contribution is 5.76. The van der Waals surface area contributed by atoms with Gasteiger partial charge in [0, 0.05) is 5.56 Å². The van der Waals surface area contributed by atoms with Gasteiger partial charge in [0.2, 0.25) is 5.89 Å². The lowest BCUT2D eigenvalue weighted by Crippen LogP contribution is -2.37. The van der Waals surface area contributed by atoms with E-state index >= 15 is 0 Å². The predicted octanol–water partition coefficient (Wildman–Crippen LogP) is 4.47. The van der Waals surface area contributed by atoms with Gasteiger partial charge in [0.25, 0.3) is 0 Å². The summed E-state index contributed by atoms with van der Waals surface area (Å²) in [5.74, 6) is 1.32. The average molecular weight is 367 g/mol. The minimum Gasteiger partial charge on any atom is -0.487 e. The lowest BCUT2D eigenvalue weighted by Gasteiger charge is -2.21. The van der Waals surface area contributed by atoms with Gasteiger partial charge in [-0.1, -0.05) is 18.2 Å². The van der Waals surface area contributed by atoms with Gasteiger partial charge in [-0.3, -0.25) is 0 Å². The third-order valence-corrected chi connectivity index (χ3v) is 4.00. The molecule has 2 aromatic carbocycles. The highest BCUT2D eigenvalue weighted by atomic mass is 16.5. The van der Waals surface area contributed by atoms with Crippen molar-refractivity contribution in [2.45, 2.75) is 33.0 Å². The number of carboxylic acids is 1. The van der Waals surface area contributed by atoms with Gasteiger partial charge in [0.05, 0.1) is 0 Å². The molecule has 1 N–H and O–H groups in total. The van der Waals surface area contributed by atoms with Crippen LogP contribution in [-0.2, 0) is 11.4 Å². The zero-order valence-corrected chi connectivity index (χ0v) is 15.4. The largest absolute Gasteiger partial charge is 0.487 e. The first kappa shape index (κ1) is 18.5. The number of nitrogens with zero attached hydrogens (tertiary/aromatic N) is 1. The molecule has 0 aliphatic heterocycles. The van der Waals surface area contributed by atoms with Gasteiger partial charge in [0.15, 0.2) is 5.60 Å². The number of aromatic nitrogens is 1. The van der Waals surface area contributed by atoms with Crippen LogP contribution in [0.1, 0.15) is 25.3 Å². The number of ether oxygens (including phenoxy) is 2. The zero-order valence-electron chi connectivity index (χ0n) is 15.4. The van der Waals surface area contributed by atoms with E-state index in [1.165, 1.54) is 13.8 Å². The van der Waals surface area contributed by atoms with Crippen molar-refractivity contribution in [3.63, 3.8) is 0 Å². The van der Waals surface area contributed by atoms with E-state index in [9.17, 15) is 4.79 Å². The number of aryl methyl sites for hydroxylation is 1. The summed E-state index contributed by atoms with van der Waals surface area (Å²) in [6, 6.07) is 16.5. The minimum absolute atomic E-state index is 0.267. The summed E-state index contributed by atoms with van der Waals surface area (Å²) in [6.07, 6.45) is 0. The van der Waals surface area contributed by atoms with E-state index < -0.39 is 11.6 Å². The summed E-state index contributed by atoms with van der Waals surface area (Å²) in [5, 5.41) is 9.11. The quantitative estimate of drug-likeness (QED) is 0.663. The maximum Gasteiger partial charge on any atom is 0.347 e. The van der Waals surface area contributed by atoms with E-state index in [-0.39, 0.29) is 6.61 Å². The van der Waals surface area contributed by atoms with Crippen LogP contribution in [0.2, 0.25) is 0 Å². The second kappa shape index (κ2) is 7.53. The highest BCUT2D eigenvalue weighted by Crippen LogP contribution is 2.25. The van der Waals surface area contributed by atoms with Crippen molar-refractivity contribution in [3.05, 3.63) is 66.1 Å². The molecule has 27 heavy (non-hydrogen) atoms. The van der Waals surface area contributed by atoms with Crippen molar-refractivity contribution in [3.8, 4) is 23.0 Å².